The van der Waals surface area contributed by atoms with Crippen molar-refractivity contribution >= 4 is 17.3 Å². The lowest BCUT2D eigenvalue weighted by molar-refractivity contribution is -0.385. The Labute approximate surface area is 93.4 Å². The molecule has 0 aliphatic rings. The molecule has 0 atom stereocenters. The fourth-order valence-corrected chi connectivity index (χ4v) is 1.52. The summed E-state index contributed by atoms with van der Waals surface area (Å²) in [6, 6.07) is 4.72. The lowest BCUT2D eigenvalue weighted by Crippen LogP contribution is -2.15. The van der Waals surface area contributed by atoms with Gasteiger partial charge < -0.3 is 5.32 Å². The number of nitrogens with one attached hydrogen (secondary N) is 1. The zero-order valence-electron chi connectivity index (χ0n) is 8.50. The summed E-state index contributed by atoms with van der Waals surface area (Å²) in [6.45, 7) is 3.29. The zero-order chi connectivity index (χ0) is 11.3. The van der Waals surface area contributed by atoms with Gasteiger partial charge in [0.05, 0.1) is 15.5 Å². The fourth-order valence-electron chi connectivity index (χ4n) is 1.28. The maximum atomic E-state index is 10.7. The minimum Gasteiger partial charge on any atom is -0.312 e. The molecule has 0 saturated heterocycles. The van der Waals surface area contributed by atoms with Gasteiger partial charge in [-0.15, -0.1) is 0 Å². The SMILES string of the molecule is CCCNCc1c(Cl)cccc1[N+](=O)[O-]. The third kappa shape index (κ3) is 3.18. The predicted octanol–water partition coefficient (Wildman–Crippen LogP) is 2.75. The standard InChI is InChI=1S/C10H13ClN2O2/c1-2-6-12-7-8-9(11)4-3-5-10(8)13(14)15/h3-5,12H,2,6-7H2,1H3. The summed E-state index contributed by atoms with van der Waals surface area (Å²) >= 11 is 5.91. The first-order chi connectivity index (χ1) is 7.16. The number of nitro groups is 1. The Morgan fingerprint density at radius 1 is 1.53 bits per heavy atom. The van der Waals surface area contributed by atoms with Crippen molar-refractivity contribution in [1.82, 2.24) is 5.32 Å². The maximum Gasteiger partial charge on any atom is 0.275 e. The van der Waals surface area contributed by atoms with E-state index >= 15 is 0 Å². The van der Waals surface area contributed by atoms with Gasteiger partial charge in [0.25, 0.3) is 5.69 Å². The van der Waals surface area contributed by atoms with Crippen LogP contribution in [0.4, 0.5) is 5.69 Å². The predicted molar refractivity (Wildman–Crippen MR) is 60.1 cm³/mol. The zero-order valence-corrected chi connectivity index (χ0v) is 9.25. The third-order valence-corrected chi connectivity index (χ3v) is 2.37. The Balaban J connectivity index is 2.87. The molecule has 15 heavy (non-hydrogen) atoms. The van der Waals surface area contributed by atoms with E-state index in [0.29, 0.717) is 17.1 Å². The van der Waals surface area contributed by atoms with Crippen LogP contribution in [0.2, 0.25) is 5.02 Å². The summed E-state index contributed by atoms with van der Waals surface area (Å²) in [5.74, 6) is 0. The van der Waals surface area contributed by atoms with E-state index < -0.39 is 4.92 Å². The summed E-state index contributed by atoms with van der Waals surface area (Å²) in [5, 5.41) is 14.3. The maximum absolute atomic E-state index is 10.7. The highest BCUT2D eigenvalue weighted by molar-refractivity contribution is 6.31. The Morgan fingerprint density at radius 2 is 2.27 bits per heavy atom. The highest BCUT2D eigenvalue weighted by Gasteiger charge is 2.15. The van der Waals surface area contributed by atoms with Crippen molar-refractivity contribution in [2.45, 2.75) is 19.9 Å². The van der Waals surface area contributed by atoms with Gasteiger partial charge in [-0.3, -0.25) is 10.1 Å². The smallest absolute Gasteiger partial charge is 0.275 e. The van der Waals surface area contributed by atoms with Gasteiger partial charge in [-0.25, -0.2) is 0 Å². The van der Waals surface area contributed by atoms with Gasteiger partial charge in [-0.2, -0.15) is 0 Å². The Bertz CT molecular complexity index is 355. The van der Waals surface area contributed by atoms with E-state index in [9.17, 15) is 10.1 Å². The third-order valence-electron chi connectivity index (χ3n) is 2.02. The molecule has 1 aromatic rings. The van der Waals surface area contributed by atoms with Crippen molar-refractivity contribution in [3.63, 3.8) is 0 Å². The molecular weight excluding hydrogens is 216 g/mol. The number of benzene rings is 1. The molecule has 0 amide bonds. The molecule has 1 aromatic carbocycles. The summed E-state index contributed by atoms with van der Waals surface area (Å²) in [4.78, 5) is 10.3. The largest absolute Gasteiger partial charge is 0.312 e. The van der Waals surface area contributed by atoms with Gasteiger partial charge in [-0.1, -0.05) is 24.6 Å². The van der Waals surface area contributed by atoms with Crippen LogP contribution in [0.5, 0.6) is 0 Å². The van der Waals surface area contributed by atoms with Gasteiger partial charge in [-0.05, 0) is 19.0 Å². The van der Waals surface area contributed by atoms with Gasteiger partial charge in [0.2, 0.25) is 0 Å². The Kier molecular flexibility index (Phi) is 4.52. The lowest BCUT2D eigenvalue weighted by Gasteiger charge is -2.06. The minimum atomic E-state index is -0.408. The number of nitro benzene ring substituents is 1. The number of hydrogen-bond donors (Lipinski definition) is 1. The Hall–Kier alpha value is -1.13. The average molecular weight is 229 g/mol. The summed E-state index contributed by atoms with van der Waals surface area (Å²) in [6.07, 6.45) is 0.984. The molecule has 0 radical (unpaired) electrons. The van der Waals surface area contributed by atoms with Crippen LogP contribution in [0.3, 0.4) is 0 Å². The van der Waals surface area contributed by atoms with Crippen LogP contribution in [0.15, 0.2) is 18.2 Å². The number of rotatable bonds is 5. The number of hydrogen-bond acceptors (Lipinski definition) is 3. The first-order valence-electron chi connectivity index (χ1n) is 4.79. The van der Waals surface area contributed by atoms with Crippen LogP contribution < -0.4 is 5.32 Å². The molecule has 5 heteroatoms. The van der Waals surface area contributed by atoms with Crippen LogP contribution in [0.25, 0.3) is 0 Å². The lowest BCUT2D eigenvalue weighted by atomic mass is 10.2. The van der Waals surface area contributed by atoms with Crippen molar-refractivity contribution in [3.05, 3.63) is 38.9 Å². The second kappa shape index (κ2) is 5.68. The molecule has 82 valence electrons. The van der Waals surface area contributed by atoms with Crippen LogP contribution >= 0.6 is 11.6 Å². The van der Waals surface area contributed by atoms with Crippen molar-refractivity contribution in [3.8, 4) is 0 Å². The van der Waals surface area contributed by atoms with Gasteiger partial charge in [0.1, 0.15) is 0 Å². The van der Waals surface area contributed by atoms with Gasteiger partial charge in [0.15, 0.2) is 0 Å². The summed E-state index contributed by atoms with van der Waals surface area (Å²) < 4.78 is 0. The van der Waals surface area contributed by atoms with Gasteiger partial charge >= 0.3 is 0 Å². The van der Waals surface area contributed by atoms with Crippen molar-refractivity contribution < 1.29 is 4.92 Å². The van der Waals surface area contributed by atoms with Crippen LogP contribution in [-0.2, 0) is 6.54 Å². The molecule has 0 saturated carbocycles. The van der Waals surface area contributed by atoms with E-state index in [1.54, 1.807) is 12.1 Å². The fraction of sp³-hybridized carbons (Fsp3) is 0.400. The summed E-state index contributed by atoms with van der Waals surface area (Å²) in [5.41, 5.74) is 0.628. The van der Waals surface area contributed by atoms with Gasteiger partial charge in [0, 0.05) is 12.6 Å². The Morgan fingerprint density at radius 3 is 2.87 bits per heavy atom. The average Bonchev–Trinajstić information content (AvgIpc) is 2.20. The highest BCUT2D eigenvalue weighted by Crippen LogP contribution is 2.25. The van der Waals surface area contributed by atoms with E-state index in [-0.39, 0.29) is 5.69 Å². The second-order valence-electron chi connectivity index (χ2n) is 3.17. The molecule has 0 aliphatic carbocycles. The molecular formula is C10H13ClN2O2. The van der Waals surface area contributed by atoms with Crippen LogP contribution in [-0.4, -0.2) is 11.5 Å². The normalized spacial score (nSPS) is 10.3. The van der Waals surface area contributed by atoms with E-state index in [1.165, 1.54) is 6.07 Å². The molecule has 1 N–H and O–H groups in total. The molecule has 0 heterocycles. The first kappa shape index (κ1) is 11.9. The molecule has 0 fully saturated rings. The van der Waals surface area contributed by atoms with Crippen LogP contribution in [0, 0.1) is 10.1 Å². The summed E-state index contributed by atoms with van der Waals surface area (Å²) in [7, 11) is 0. The van der Waals surface area contributed by atoms with E-state index in [0.717, 1.165) is 13.0 Å². The van der Waals surface area contributed by atoms with Crippen molar-refractivity contribution in [2.24, 2.45) is 0 Å². The highest BCUT2D eigenvalue weighted by atomic mass is 35.5. The van der Waals surface area contributed by atoms with E-state index in [4.69, 9.17) is 11.6 Å². The monoisotopic (exact) mass is 228 g/mol. The molecule has 4 nitrogen and oxygen atoms in total. The number of halogens is 1. The molecule has 0 aromatic heterocycles. The number of nitrogens with zero attached hydrogens (tertiary/aromatic N) is 1. The molecule has 0 spiro atoms. The quantitative estimate of drug-likeness (QED) is 0.479. The minimum absolute atomic E-state index is 0.0751. The van der Waals surface area contributed by atoms with E-state index in [1.807, 2.05) is 6.92 Å². The molecule has 0 unspecified atom stereocenters. The first-order valence-corrected chi connectivity index (χ1v) is 5.17. The van der Waals surface area contributed by atoms with Crippen molar-refractivity contribution in [1.29, 1.82) is 0 Å². The molecule has 0 aliphatic heterocycles. The molecule has 1 rings (SSSR count). The van der Waals surface area contributed by atoms with Crippen LogP contribution in [0.1, 0.15) is 18.9 Å². The van der Waals surface area contributed by atoms with E-state index in [2.05, 4.69) is 5.32 Å². The molecule has 0 bridgehead atoms. The topological polar surface area (TPSA) is 55.2 Å². The second-order valence-corrected chi connectivity index (χ2v) is 3.58. The van der Waals surface area contributed by atoms with Crippen molar-refractivity contribution in [2.75, 3.05) is 6.54 Å².